The minimum absolute atomic E-state index is 0.0800. The number of hydrogen-bond acceptors (Lipinski definition) is 2. The van der Waals surface area contributed by atoms with Crippen LogP contribution in [0.1, 0.15) is 66.8 Å². The van der Waals surface area contributed by atoms with Crippen LogP contribution in [-0.4, -0.2) is 18.3 Å². The number of fused-ring (bicyclic) bond motifs is 12. The molecule has 16 rings (SSSR count). The predicted molar refractivity (Wildman–Crippen MR) is 391 cm³/mol. The van der Waals surface area contributed by atoms with E-state index >= 15 is 13.2 Å². The van der Waals surface area contributed by atoms with Crippen LogP contribution in [0.2, 0.25) is 0 Å². The van der Waals surface area contributed by atoms with Crippen molar-refractivity contribution in [3.05, 3.63) is 296 Å². The molecule has 4 heterocycles. The third kappa shape index (κ3) is 9.77. The molecule has 0 unspecified atom stereocenters. The third-order valence-corrected chi connectivity index (χ3v) is 19.8. The molecule has 12 aromatic carbocycles. The highest BCUT2D eigenvalue weighted by molar-refractivity contribution is 6.17. The Hall–Kier alpha value is -12.6. The summed E-state index contributed by atoms with van der Waals surface area (Å²) in [5, 5.41) is 28.4. The molecular formula is C86H58F6N8. The molecular weight excluding hydrogens is 1260 g/mol. The standard InChI is InChI=1S/2C43H29F3N4/c1-24-10-6-14-32-38(24)39-25(2)11-7-15-33(39)49(32)36-21-30(48-5)22-37(42(36)31-19-18-29(43(44,45)46)20-28(31)23-47)50-34-16-8-12-26(3)40(34)41-27(4)13-9-17-35(41)50;1-24-10-6-14-32-38(24)39-25(2)11-7-15-33(39)49(32)36-21-29(48-5)22-37(42(36)30-19-18-28(23-47)20-31(30)43(44,45)46)50-34-16-8-12-26(3)40(34)41-27(4)13-9-17-35(41)50/h2*6-22H,1-4H3. The van der Waals surface area contributed by atoms with Gasteiger partial charge in [0.1, 0.15) is 0 Å². The fourth-order valence-electron chi connectivity index (χ4n) is 15.5. The van der Waals surface area contributed by atoms with Crippen LogP contribution in [0.25, 0.3) is 142 Å². The highest BCUT2D eigenvalue weighted by atomic mass is 19.4. The van der Waals surface area contributed by atoms with Crippen molar-refractivity contribution in [2.45, 2.75) is 67.7 Å². The average Bonchev–Trinajstić information content (AvgIpc) is 1.53. The zero-order chi connectivity index (χ0) is 70.1. The molecule has 0 aliphatic rings. The summed E-state index contributed by atoms with van der Waals surface area (Å²) in [6, 6.07) is 66.2. The molecule has 0 amide bonds. The number of rotatable bonds is 6. The maximum atomic E-state index is 15.2. The summed E-state index contributed by atoms with van der Waals surface area (Å²) in [6.07, 6.45) is -9.41. The van der Waals surface area contributed by atoms with E-state index in [9.17, 15) is 23.7 Å². The number of halogens is 6. The summed E-state index contributed by atoms with van der Waals surface area (Å²) in [7, 11) is 0. The van der Waals surface area contributed by atoms with Gasteiger partial charge in [0.05, 0.1) is 91.7 Å². The average molecular weight is 1320 g/mol. The Labute approximate surface area is 571 Å². The second kappa shape index (κ2) is 23.6. The van der Waals surface area contributed by atoms with Gasteiger partial charge in [-0.2, -0.15) is 36.9 Å². The summed E-state index contributed by atoms with van der Waals surface area (Å²) in [5.74, 6) is 0. The largest absolute Gasteiger partial charge is 0.417 e. The maximum absolute atomic E-state index is 15.2. The Morgan fingerprint density at radius 1 is 0.320 bits per heavy atom. The van der Waals surface area contributed by atoms with Crippen LogP contribution in [-0.2, 0) is 12.4 Å². The molecule has 0 N–H and O–H groups in total. The van der Waals surface area contributed by atoms with Crippen molar-refractivity contribution in [1.82, 2.24) is 18.3 Å². The zero-order valence-electron chi connectivity index (χ0n) is 55.5. The lowest BCUT2D eigenvalue weighted by molar-refractivity contribution is -0.138. The van der Waals surface area contributed by atoms with Gasteiger partial charge in [0.2, 0.25) is 0 Å². The molecule has 16 aromatic rings. The molecule has 0 spiro atoms. The first-order chi connectivity index (χ1) is 48.1. The van der Waals surface area contributed by atoms with Gasteiger partial charge in [-0.05, 0) is 203 Å². The van der Waals surface area contributed by atoms with Gasteiger partial charge in [-0.3, -0.25) is 0 Å². The summed E-state index contributed by atoms with van der Waals surface area (Å²) >= 11 is 0. The number of benzene rings is 12. The van der Waals surface area contributed by atoms with Crippen LogP contribution in [0.4, 0.5) is 37.7 Å². The van der Waals surface area contributed by atoms with Crippen molar-refractivity contribution < 1.29 is 26.3 Å². The molecule has 0 aliphatic heterocycles. The van der Waals surface area contributed by atoms with Crippen LogP contribution in [0.3, 0.4) is 0 Å². The van der Waals surface area contributed by atoms with Gasteiger partial charge in [-0.15, -0.1) is 0 Å². The lowest BCUT2D eigenvalue weighted by Crippen LogP contribution is -2.11. The molecule has 0 atom stereocenters. The van der Waals surface area contributed by atoms with E-state index in [1.165, 1.54) is 18.2 Å². The van der Waals surface area contributed by atoms with Crippen molar-refractivity contribution in [2.24, 2.45) is 0 Å². The minimum atomic E-state index is -4.78. The first-order valence-corrected chi connectivity index (χ1v) is 32.4. The topological polar surface area (TPSA) is 76.0 Å². The van der Waals surface area contributed by atoms with Crippen LogP contribution in [0, 0.1) is 91.2 Å². The van der Waals surface area contributed by atoms with E-state index in [0.29, 0.717) is 45.1 Å². The fourth-order valence-corrected chi connectivity index (χ4v) is 15.5. The summed E-state index contributed by atoms with van der Waals surface area (Å²) in [6.45, 7) is 32.9. The molecule has 4 aromatic heterocycles. The van der Waals surface area contributed by atoms with E-state index in [1.807, 2.05) is 164 Å². The van der Waals surface area contributed by atoms with E-state index in [1.54, 1.807) is 24.3 Å². The lowest BCUT2D eigenvalue weighted by Gasteiger charge is -2.23. The van der Waals surface area contributed by atoms with Gasteiger partial charge < -0.3 is 18.3 Å². The van der Waals surface area contributed by atoms with Crippen molar-refractivity contribution in [2.75, 3.05) is 0 Å². The molecule has 8 nitrogen and oxygen atoms in total. The molecule has 100 heavy (non-hydrogen) atoms. The van der Waals surface area contributed by atoms with Crippen LogP contribution in [0.15, 0.2) is 206 Å². The second-order valence-corrected chi connectivity index (χ2v) is 25.8. The second-order valence-electron chi connectivity index (χ2n) is 25.8. The number of aryl methyl sites for hydroxylation is 8. The number of alkyl halides is 6. The van der Waals surface area contributed by atoms with Gasteiger partial charge in [-0.25, -0.2) is 9.69 Å². The van der Waals surface area contributed by atoms with Crippen molar-refractivity contribution in [3.8, 4) is 57.1 Å². The van der Waals surface area contributed by atoms with E-state index < -0.39 is 23.5 Å². The van der Waals surface area contributed by atoms with Gasteiger partial charge in [0, 0.05) is 82.5 Å². The van der Waals surface area contributed by atoms with Crippen molar-refractivity contribution in [3.63, 3.8) is 0 Å². The molecule has 0 saturated heterocycles. The molecule has 0 aliphatic carbocycles. The molecule has 14 heteroatoms. The summed E-state index contributed by atoms with van der Waals surface area (Å²) in [5.41, 5.74) is 17.1. The van der Waals surface area contributed by atoms with E-state index in [-0.39, 0.29) is 22.4 Å². The third-order valence-electron chi connectivity index (χ3n) is 19.8. The Morgan fingerprint density at radius 2 is 0.590 bits per heavy atom. The number of aromatic nitrogens is 4. The Bertz CT molecular complexity index is 5880. The molecule has 484 valence electrons. The number of hydrogen-bond donors (Lipinski definition) is 0. The Morgan fingerprint density at radius 3 is 0.830 bits per heavy atom. The summed E-state index contributed by atoms with van der Waals surface area (Å²) in [4.78, 5) is 7.83. The lowest BCUT2D eigenvalue weighted by atomic mass is 9.93. The van der Waals surface area contributed by atoms with Crippen LogP contribution < -0.4 is 0 Å². The fraction of sp³-hybridized carbons (Fsp3) is 0.116. The predicted octanol–water partition coefficient (Wildman–Crippen LogP) is 24.4. The van der Waals surface area contributed by atoms with E-state index in [4.69, 9.17) is 13.1 Å². The zero-order valence-corrected chi connectivity index (χ0v) is 55.5. The molecule has 0 bridgehead atoms. The molecule has 0 saturated carbocycles. The van der Waals surface area contributed by atoms with Gasteiger partial charge in [-0.1, -0.05) is 109 Å². The SMILES string of the molecule is [C-]#[N+]c1cc(-n2c3cccc(C)c3c3c(C)cccc32)c(-c2ccc(C#N)cc2C(F)(F)F)c(-n2c3cccc(C)c3c3c(C)cccc32)c1.[C-]#[N+]c1cc(-n2c3cccc(C)c3c3c(C)cccc32)c(-c2ccc(C(F)(F)F)cc2C#N)c(-n2c3cccc(C)c3c3c(C)cccc32)c1. The van der Waals surface area contributed by atoms with Crippen molar-refractivity contribution >= 4 is 98.6 Å². The molecule has 0 radical (unpaired) electrons. The van der Waals surface area contributed by atoms with E-state index in [2.05, 4.69) is 76.9 Å². The van der Waals surface area contributed by atoms with Crippen LogP contribution >= 0.6 is 0 Å². The van der Waals surface area contributed by atoms with Crippen LogP contribution in [0.5, 0.6) is 0 Å². The normalized spacial score (nSPS) is 11.9. The Balaban J connectivity index is 0.000000162. The monoisotopic (exact) mass is 1320 g/mol. The van der Waals surface area contributed by atoms with Gasteiger partial charge in [0.25, 0.3) is 0 Å². The quantitative estimate of drug-likeness (QED) is 0.123. The molecule has 0 fully saturated rings. The first-order valence-electron chi connectivity index (χ1n) is 32.4. The number of nitrogens with zero attached hydrogens (tertiary/aromatic N) is 8. The van der Waals surface area contributed by atoms with Crippen molar-refractivity contribution in [1.29, 1.82) is 10.5 Å². The smallest absolute Gasteiger partial charge is 0.310 e. The highest BCUT2D eigenvalue weighted by Crippen LogP contribution is 2.51. The summed E-state index contributed by atoms with van der Waals surface area (Å²) < 4.78 is 95.9. The minimum Gasteiger partial charge on any atom is -0.310 e. The van der Waals surface area contributed by atoms with Gasteiger partial charge in [0.15, 0.2) is 11.4 Å². The Kier molecular flexibility index (Phi) is 15.0. The van der Waals surface area contributed by atoms with E-state index in [0.717, 1.165) is 150 Å². The maximum Gasteiger partial charge on any atom is 0.417 e. The number of nitriles is 2. The highest BCUT2D eigenvalue weighted by Gasteiger charge is 2.37. The first kappa shape index (κ1) is 63.4. The van der Waals surface area contributed by atoms with Gasteiger partial charge >= 0.3 is 12.4 Å².